The summed E-state index contributed by atoms with van der Waals surface area (Å²) in [5.74, 6) is 0.183. The minimum atomic E-state index is -1.37. The van der Waals surface area contributed by atoms with Gasteiger partial charge in [0.15, 0.2) is 5.75 Å². The van der Waals surface area contributed by atoms with Gasteiger partial charge < -0.3 is 9.84 Å². The smallest absolute Gasteiger partial charge is 0.449 e. The molecule has 0 aliphatic rings. The van der Waals surface area contributed by atoms with Gasteiger partial charge in [-0.15, -0.1) is 0 Å². The SMILES string of the molecule is O=C(O)Oc1cccc2ccc(Cl)nc12. The van der Waals surface area contributed by atoms with Gasteiger partial charge in [-0.2, -0.15) is 0 Å². The Bertz CT molecular complexity index is 527. The molecule has 0 unspecified atom stereocenters. The largest absolute Gasteiger partial charge is 0.511 e. The lowest BCUT2D eigenvalue weighted by molar-refractivity contribution is 0.145. The minimum absolute atomic E-state index is 0.183. The molecule has 0 saturated heterocycles. The third kappa shape index (κ3) is 1.99. The molecule has 4 nitrogen and oxygen atoms in total. The zero-order valence-electron chi connectivity index (χ0n) is 7.48. The zero-order chi connectivity index (χ0) is 10.8. The molecular formula is C10H6ClNO3. The standard InChI is InChI=1S/C10H6ClNO3/c11-8-5-4-6-2-1-3-7(9(6)12-8)15-10(13)14/h1-5H,(H,13,14). The van der Waals surface area contributed by atoms with Crippen LogP contribution in [0.3, 0.4) is 0 Å². The third-order valence-corrected chi connectivity index (χ3v) is 2.06. The van der Waals surface area contributed by atoms with Gasteiger partial charge in [0.2, 0.25) is 0 Å². The highest BCUT2D eigenvalue weighted by atomic mass is 35.5. The summed E-state index contributed by atoms with van der Waals surface area (Å²) < 4.78 is 4.58. The second kappa shape index (κ2) is 3.74. The second-order valence-electron chi connectivity index (χ2n) is 2.83. The Hall–Kier alpha value is -1.81. The number of nitrogens with zero attached hydrogens (tertiary/aromatic N) is 1. The van der Waals surface area contributed by atoms with Crippen LogP contribution in [0.25, 0.3) is 10.9 Å². The fraction of sp³-hybridized carbons (Fsp3) is 0. The predicted octanol–water partition coefficient (Wildman–Crippen LogP) is 2.95. The first-order chi connectivity index (χ1) is 7.16. The van der Waals surface area contributed by atoms with E-state index in [1.807, 2.05) is 0 Å². The van der Waals surface area contributed by atoms with E-state index in [1.165, 1.54) is 6.07 Å². The molecule has 15 heavy (non-hydrogen) atoms. The normalized spacial score (nSPS) is 10.2. The van der Waals surface area contributed by atoms with Gasteiger partial charge in [-0.05, 0) is 18.2 Å². The van der Waals surface area contributed by atoms with Crippen molar-refractivity contribution in [1.29, 1.82) is 0 Å². The van der Waals surface area contributed by atoms with Crippen LogP contribution in [0.1, 0.15) is 0 Å². The number of halogens is 1. The number of carbonyl (C=O) groups is 1. The second-order valence-corrected chi connectivity index (χ2v) is 3.22. The molecule has 2 rings (SSSR count). The maximum absolute atomic E-state index is 10.4. The summed E-state index contributed by atoms with van der Waals surface area (Å²) in [4.78, 5) is 14.4. The van der Waals surface area contributed by atoms with Crippen molar-refractivity contribution in [1.82, 2.24) is 4.98 Å². The van der Waals surface area contributed by atoms with Crippen LogP contribution < -0.4 is 4.74 Å². The van der Waals surface area contributed by atoms with Gasteiger partial charge in [-0.25, -0.2) is 9.78 Å². The van der Waals surface area contributed by atoms with E-state index in [9.17, 15) is 4.79 Å². The van der Waals surface area contributed by atoms with E-state index >= 15 is 0 Å². The molecule has 0 aliphatic carbocycles. The molecule has 1 heterocycles. The number of rotatable bonds is 1. The van der Waals surface area contributed by atoms with Gasteiger partial charge in [0.1, 0.15) is 10.7 Å². The van der Waals surface area contributed by atoms with E-state index < -0.39 is 6.16 Å². The number of aromatic nitrogens is 1. The molecule has 1 aromatic carbocycles. The Morgan fingerprint density at radius 2 is 2.13 bits per heavy atom. The van der Waals surface area contributed by atoms with Crippen LogP contribution in [-0.2, 0) is 0 Å². The molecule has 5 heteroatoms. The Morgan fingerprint density at radius 3 is 2.87 bits per heavy atom. The number of ether oxygens (including phenoxy) is 1. The van der Waals surface area contributed by atoms with Gasteiger partial charge in [-0.1, -0.05) is 23.7 Å². The van der Waals surface area contributed by atoms with Crippen LogP contribution in [-0.4, -0.2) is 16.2 Å². The van der Waals surface area contributed by atoms with Crippen molar-refractivity contribution in [2.24, 2.45) is 0 Å². The third-order valence-electron chi connectivity index (χ3n) is 1.85. The number of para-hydroxylation sites is 1. The molecule has 0 saturated carbocycles. The molecule has 2 aromatic rings. The summed E-state index contributed by atoms with van der Waals surface area (Å²) in [5, 5.41) is 9.58. The highest BCUT2D eigenvalue weighted by molar-refractivity contribution is 6.29. The van der Waals surface area contributed by atoms with Crippen molar-refractivity contribution in [2.45, 2.75) is 0 Å². The molecule has 1 aromatic heterocycles. The summed E-state index contributed by atoms with van der Waals surface area (Å²) in [6, 6.07) is 8.40. The lowest BCUT2D eigenvalue weighted by Gasteiger charge is -2.03. The van der Waals surface area contributed by atoms with Crippen molar-refractivity contribution in [2.75, 3.05) is 0 Å². The first-order valence-corrected chi connectivity index (χ1v) is 4.50. The first kappa shape index (κ1) is 9.73. The summed E-state index contributed by atoms with van der Waals surface area (Å²) in [7, 11) is 0. The molecule has 76 valence electrons. The minimum Gasteiger partial charge on any atom is -0.449 e. The maximum atomic E-state index is 10.4. The van der Waals surface area contributed by atoms with Crippen molar-refractivity contribution in [3.8, 4) is 5.75 Å². The molecular weight excluding hydrogens is 218 g/mol. The Labute approximate surface area is 90.1 Å². The molecule has 0 fully saturated rings. The molecule has 0 atom stereocenters. The maximum Gasteiger partial charge on any atom is 0.511 e. The van der Waals surface area contributed by atoms with Gasteiger partial charge in [0.25, 0.3) is 0 Å². The Morgan fingerprint density at radius 1 is 1.33 bits per heavy atom. The van der Waals surface area contributed by atoms with Crippen LogP contribution in [0.15, 0.2) is 30.3 Å². The van der Waals surface area contributed by atoms with Crippen LogP contribution in [0.2, 0.25) is 5.15 Å². The molecule has 0 amide bonds. The number of hydrogen-bond donors (Lipinski definition) is 1. The highest BCUT2D eigenvalue weighted by Crippen LogP contribution is 2.25. The van der Waals surface area contributed by atoms with Gasteiger partial charge >= 0.3 is 6.16 Å². The van der Waals surface area contributed by atoms with Crippen LogP contribution in [0.5, 0.6) is 5.75 Å². The van der Waals surface area contributed by atoms with Gasteiger partial charge in [-0.3, -0.25) is 0 Å². The molecule has 0 aliphatic heterocycles. The van der Waals surface area contributed by atoms with Crippen LogP contribution in [0, 0.1) is 0 Å². The molecule has 1 N–H and O–H groups in total. The van der Waals surface area contributed by atoms with E-state index in [4.69, 9.17) is 16.7 Å². The average molecular weight is 224 g/mol. The van der Waals surface area contributed by atoms with E-state index in [2.05, 4.69) is 9.72 Å². The Balaban J connectivity index is 2.63. The predicted molar refractivity (Wildman–Crippen MR) is 55.4 cm³/mol. The van der Waals surface area contributed by atoms with Gasteiger partial charge in [0, 0.05) is 5.39 Å². The van der Waals surface area contributed by atoms with E-state index in [-0.39, 0.29) is 5.75 Å². The molecule has 0 spiro atoms. The van der Waals surface area contributed by atoms with Crippen molar-refractivity contribution in [3.63, 3.8) is 0 Å². The number of hydrogen-bond acceptors (Lipinski definition) is 3. The summed E-state index contributed by atoms with van der Waals surface area (Å²) in [6.45, 7) is 0. The summed E-state index contributed by atoms with van der Waals surface area (Å²) in [6.07, 6.45) is -1.37. The fourth-order valence-corrected chi connectivity index (χ4v) is 1.42. The van der Waals surface area contributed by atoms with Crippen LogP contribution >= 0.6 is 11.6 Å². The highest BCUT2D eigenvalue weighted by Gasteiger charge is 2.07. The van der Waals surface area contributed by atoms with Crippen molar-refractivity contribution in [3.05, 3.63) is 35.5 Å². The average Bonchev–Trinajstić information content (AvgIpc) is 2.18. The Kier molecular flexibility index (Phi) is 2.43. The number of pyridine rings is 1. The lowest BCUT2D eigenvalue weighted by Crippen LogP contribution is -2.03. The summed E-state index contributed by atoms with van der Waals surface area (Å²) >= 11 is 5.71. The van der Waals surface area contributed by atoms with Crippen molar-refractivity contribution < 1.29 is 14.6 Å². The quantitative estimate of drug-likeness (QED) is 0.459. The molecule has 0 radical (unpaired) electrons. The van der Waals surface area contributed by atoms with Crippen molar-refractivity contribution >= 4 is 28.7 Å². The molecule has 0 bridgehead atoms. The first-order valence-electron chi connectivity index (χ1n) is 4.13. The van der Waals surface area contributed by atoms with E-state index in [0.29, 0.717) is 10.7 Å². The fourth-order valence-electron chi connectivity index (χ4n) is 1.27. The topological polar surface area (TPSA) is 59.4 Å². The number of benzene rings is 1. The van der Waals surface area contributed by atoms with Crippen LogP contribution in [0.4, 0.5) is 4.79 Å². The lowest BCUT2D eigenvalue weighted by atomic mass is 10.2. The number of fused-ring (bicyclic) bond motifs is 1. The van der Waals surface area contributed by atoms with E-state index in [0.717, 1.165) is 5.39 Å². The summed E-state index contributed by atoms with van der Waals surface area (Å²) in [5.41, 5.74) is 0.437. The van der Waals surface area contributed by atoms with Gasteiger partial charge in [0.05, 0.1) is 0 Å². The van der Waals surface area contributed by atoms with E-state index in [1.54, 1.807) is 24.3 Å². The zero-order valence-corrected chi connectivity index (χ0v) is 8.23. The number of carboxylic acid groups (broad SMARTS) is 1. The monoisotopic (exact) mass is 223 g/mol.